The van der Waals surface area contributed by atoms with Crippen LogP contribution in [0.4, 0.5) is 24.8 Å². The Labute approximate surface area is 245 Å². The van der Waals surface area contributed by atoms with E-state index in [-0.39, 0.29) is 35.1 Å². The van der Waals surface area contributed by atoms with Crippen LogP contribution in [0.5, 0.6) is 0 Å². The highest BCUT2D eigenvalue weighted by Crippen LogP contribution is 2.36. The molecule has 3 atom stereocenters. The SMILES string of the molecule is CC1CC[C@@H](c2nc(-c3ccc(C(=O)Nc4cc(C(F)(F)F)ccn4)cc3)c3c(N)nccn23)CN1C(=O)C1CCCO1. The number of imidazole rings is 1. The summed E-state index contributed by atoms with van der Waals surface area (Å²) >= 11 is 0. The molecule has 43 heavy (non-hydrogen) atoms. The Morgan fingerprint density at radius 2 is 1.86 bits per heavy atom. The number of nitrogens with two attached hydrogens (primary N) is 1. The van der Waals surface area contributed by atoms with Crippen molar-refractivity contribution < 1.29 is 27.5 Å². The third-order valence-electron chi connectivity index (χ3n) is 8.10. The van der Waals surface area contributed by atoms with Gasteiger partial charge in [0.15, 0.2) is 0 Å². The molecule has 0 radical (unpaired) electrons. The lowest BCUT2D eigenvalue weighted by Crippen LogP contribution is -2.49. The summed E-state index contributed by atoms with van der Waals surface area (Å²) in [6.07, 6.45) is 2.71. The van der Waals surface area contributed by atoms with E-state index in [9.17, 15) is 22.8 Å². The van der Waals surface area contributed by atoms with Crippen molar-refractivity contribution in [3.63, 3.8) is 0 Å². The van der Waals surface area contributed by atoms with Crippen LogP contribution in [0.3, 0.4) is 0 Å². The molecule has 3 aromatic heterocycles. The summed E-state index contributed by atoms with van der Waals surface area (Å²) in [5.74, 6) is 0.197. The van der Waals surface area contributed by atoms with E-state index in [1.165, 1.54) is 0 Å². The number of carbonyl (C=O) groups is 2. The van der Waals surface area contributed by atoms with E-state index in [1.807, 2.05) is 9.30 Å². The van der Waals surface area contributed by atoms with E-state index >= 15 is 0 Å². The summed E-state index contributed by atoms with van der Waals surface area (Å²) in [5, 5.41) is 2.41. The Bertz CT molecular complexity index is 1670. The maximum absolute atomic E-state index is 13.3. The lowest BCUT2D eigenvalue weighted by molar-refractivity contribution is -0.144. The summed E-state index contributed by atoms with van der Waals surface area (Å²) in [5.41, 5.74) is 7.49. The van der Waals surface area contributed by atoms with Gasteiger partial charge in [0.2, 0.25) is 0 Å². The number of ether oxygens (including phenoxy) is 1. The molecular weight excluding hydrogens is 563 g/mol. The summed E-state index contributed by atoms with van der Waals surface area (Å²) in [6.45, 7) is 3.16. The first-order chi connectivity index (χ1) is 20.6. The van der Waals surface area contributed by atoms with Crippen LogP contribution >= 0.6 is 0 Å². The average Bonchev–Trinajstić information content (AvgIpc) is 3.67. The molecule has 2 aliphatic heterocycles. The van der Waals surface area contributed by atoms with Gasteiger partial charge in [-0.25, -0.2) is 15.0 Å². The number of nitrogens with zero attached hydrogens (tertiary/aromatic N) is 5. The molecule has 0 bridgehead atoms. The number of hydrogen-bond acceptors (Lipinski definition) is 7. The summed E-state index contributed by atoms with van der Waals surface area (Å²) < 4.78 is 46.7. The molecular formula is C30H30F3N7O3. The van der Waals surface area contributed by atoms with E-state index in [2.05, 4.69) is 22.2 Å². The first kappa shape index (κ1) is 28.6. The first-order valence-corrected chi connectivity index (χ1v) is 14.1. The number of aromatic nitrogens is 4. The summed E-state index contributed by atoms with van der Waals surface area (Å²) in [4.78, 5) is 41.0. The van der Waals surface area contributed by atoms with Gasteiger partial charge in [0.1, 0.15) is 34.8 Å². The van der Waals surface area contributed by atoms with E-state index in [4.69, 9.17) is 15.5 Å². The molecule has 2 saturated heterocycles. The molecule has 10 nitrogen and oxygen atoms in total. The number of halogens is 3. The largest absolute Gasteiger partial charge is 0.416 e. The molecule has 224 valence electrons. The van der Waals surface area contributed by atoms with E-state index in [0.29, 0.717) is 29.9 Å². The second-order valence-electron chi connectivity index (χ2n) is 10.9. The maximum Gasteiger partial charge on any atom is 0.416 e. The Balaban J connectivity index is 1.26. The van der Waals surface area contributed by atoms with Gasteiger partial charge in [-0.05, 0) is 56.9 Å². The molecule has 4 aromatic rings. The Morgan fingerprint density at radius 3 is 2.58 bits per heavy atom. The number of likely N-dealkylation sites (tertiary alicyclic amines) is 1. The number of alkyl halides is 3. The van der Waals surface area contributed by atoms with Crippen molar-refractivity contribution in [2.45, 2.75) is 56.8 Å². The molecule has 2 aliphatic rings. The number of fused-ring (bicyclic) bond motifs is 1. The zero-order chi connectivity index (χ0) is 30.3. The van der Waals surface area contributed by atoms with Crippen LogP contribution in [0.25, 0.3) is 16.8 Å². The molecule has 2 fully saturated rings. The topological polar surface area (TPSA) is 128 Å². The highest BCUT2D eigenvalue weighted by atomic mass is 19.4. The molecule has 5 heterocycles. The monoisotopic (exact) mass is 593 g/mol. The number of nitrogen functional groups attached to an aromatic ring is 1. The quantitative estimate of drug-likeness (QED) is 0.336. The van der Waals surface area contributed by atoms with Crippen LogP contribution in [0, 0.1) is 0 Å². The number of carbonyl (C=O) groups excluding carboxylic acids is 2. The first-order valence-electron chi connectivity index (χ1n) is 14.1. The van der Waals surface area contributed by atoms with Gasteiger partial charge in [0.25, 0.3) is 11.8 Å². The Kier molecular flexibility index (Phi) is 7.50. The third-order valence-corrected chi connectivity index (χ3v) is 8.10. The molecule has 2 amide bonds. The van der Waals surface area contributed by atoms with Gasteiger partial charge < -0.3 is 20.7 Å². The van der Waals surface area contributed by atoms with Gasteiger partial charge in [-0.2, -0.15) is 13.2 Å². The van der Waals surface area contributed by atoms with Crippen LogP contribution in [-0.4, -0.2) is 61.4 Å². The number of piperidine rings is 1. The highest BCUT2D eigenvalue weighted by Gasteiger charge is 2.37. The molecule has 0 spiro atoms. The lowest BCUT2D eigenvalue weighted by atomic mass is 9.92. The standard InChI is InChI=1S/C30H30F3N7O3/c1-17-4-5-20(16-40(17)29(42)22-3-2-14-43-22)27-38-24(25-26(34)36-12-13-39(25)27)18-6-8-19(9-7-18)28(41)37-23-15-21(10-11-35-23)30(31,32)33/h6-13,15,17,20,22H,2-5,14,16H2,1H3,(H2,34,36)(H,35,37,41)/t17?,20-,22?/m1/s1. The molecule has 1 aromatic carbocycles. The van der Waals surface area contributed by atoms with Crippen molar-refractivity contribution in [1.82, 2.24) is 24.3 Å². The second kappa shape index (κ2) is 11.3. The van der Waals surface area contributed by atoms with Crippen molar-refractivity contribution in [2.75, 3.05) is 24.2 Å². The Morgan fingerprint density at radius 1 is 1.07 bits per heavy atom. The molecule has 13 heteroatoms. The fourth-order valence-electron chi connectivity index (χ4n) is 5.80. The van der Waals surface area contributed by atoms with Gasteiger partial charge in [-0.15, -0.1) is 0 Å². The fraction of sp³-hybridized carbons (Fsp3) is 0.367. The summed E-state index contributed by atoms with van der Waals surface area (Å²) in [6, 6.07) is 8.21. The lowest BCUT2D eigenvalue weighted by Gasteiger charge is -2.38. The van der Waals surface area contributed by atoms with Gasteiger partial charge in [0.05, 0.1) is 5.56 Å². The minimum absolute atomic E-state index is 0.0196. The van der Waals surface area contributed by atoms with Crippen molar-refractivity contribution in [3.8, 4) is 11.3 Å². The summed E-state index contributed by atoms with van der Waals surface area (Å²) in [7, 11) is 0. The van der Waals surface area contributed by atoms with Crippen LogP contribution in [0.2, 0.25) is 0 Å². The number of pyridine rings is 1. The van der Waals surface area contributed by atoms with Crippen molar-refractivity contribution in [2.24, 2.45) is 0 Å². The van der Waals surface area contributed by atoms with Crippen molar-refractivity contribution in [1.29, 1.82) is 0 Å². The van der Waals surface area contributed by atoms with E-state index in [0.717, 1.165) is 49.8 Å². The molecule has 3 N–H and O–H groups in total. The van der Waals surface area contributed by atoms with Crippen molar-refractivity contribution in [3.05, 3.63) is 71.9 Å². The Hall–Kier alpha value is -4.52. The number of nitrogens with one attached hydrogen (secondary N) is 1. The molecule has 6 rings (SSSR count). The predicted molar refractivity (Wildman–Crippen MR) is 152 cm³/mol. The van der Waals surface area contributed by atoms with Gasteiger partial charge in [-0.1, -0.05) is 12.1 Å². The normalized spacial score (nSPS) is 20.8. The van der Waals surface area contributed by atoms with Crippen LogP contribution in [0.15, 0.2) is 55.0 Å². The predicted octanol–water partition coefficient (Wildman–Crippen LogP) is 4.92. The van der Waals surface area contributed by atoms with Crippen LogP contribution in [0.1, 0.15) is 60.3 Å². The zero-order valence-corrected chi connectivity index (χ0v) is 23.3. The number of amides is 2. The number of anilines is 2. The highest BCUT2D eigenvalue weighted by molar-refractivity contribution is 6.04. The van der Waals surface area contributed by atoms with Gasteiger partial charge in [-0.3, -0.25) is 14.0 Å². The van der Waals surface area contributed by atoms with E-state index < -0.39 is 23.8 Å². The van der Waals surface area contributed by atoms with Crippen molar-refractivity contribution >= 4 is 29.0 Å². The minimum atomic E-state index is -4.55. The minimum Gasteiger partial charge on any atom is -0.382 e. The fourth-order valence-corrected chi connectivity index (χ4v) is 5.80. The molecule has 0 aliphatic carbocycles. The molecule has 2 unspecified atom stereocenters. The van der Waals surface area contributed by atoms with Gasteiger partial charge >= 0.3 is 6.18 Å². The third kappa shape index (κ3) is 5.64. The van der Waals surface area contributed by atoms with Crippen LogP contribution in [-0.2, 0) is 15.7 Å². The smallest absolute Gasteiger partial charge is 0.382 e. The van der Waals surface area contributed by atoms with Crippen LogP contribution < -0.4 is 11.1 Å². The number of benzene rings is 1. The maximum atomic E-state index is 13.3. The number of hydrogen-bond donors (Lipinski definition) is 2. The number of rotatable bonds is 5. The average molecular weight is 594 g/mol. The second-order valence-corrected chi connectivity index (χ2v) is 10.9. The van der Waals surface area contributed by atoms with Gasteiger partial charge in [0, 0.05) is 54.8 Å². The zero-order valence-electron chi connectivity index (χ0n) is 23.3. The van der Waals surface area contributed by atoms with E-state index in [1.54, 1.807) is 36.7 Å². The molecule has 0 saturated carbocycles.